The maximum Gasteiger partial charge on any atom is 0.144 e. The molecule has 4 heteroatoms. The summed E-state index contributed by atoms with van der Waals surface area (Å²) in [6.07, 6.45) is 2.92. The van der Waals surface area contributed by atoms with Gasteiger partial charge in [0.1, 0.15) is 17.0 Å². The number of hydrogen-bond donors (Lipinski definition) is 0. The van der Waals surface area contributed by atoms with Crippen LogP contribution in [0, 0.1) is 18.2 Å². The zero-order valence-corrected chi connectivity index (χ0v) is 21.1. The number of benzene rings is 3. The van der Waals surface area contributed by atoms with E-state index in [-0.39, 0.29) is 11.2 Å². The standard InChI is InChI=1S/C31H26FNOS/c1-18-22-14-15-33-27(25-7-5-6-24-23-13-12-21(32)16-26(23)34-28(24)25)30(22)35-29(18)20-10-8-19(9-11-20)17-31(2,3)4/h5-16H,17H2,1-4H3. The van der Waals surface area contributed by atoms with Gasteiger partial charge >= 0.3 is 0 Å². The van der Waals surface area contributed by atoms with Crippen molar-refractivity contribution in [1.29, 1.82) is 0 Å². The second-order valence-corrected chi connectivity index (χ2v) is 11.5. The fourth-order valence-electron chi connectivity index (χ4n) is 4.96. The molecule has 2 nitrogen and oxygen atoms in total. The Labute approximate surface area is 208 Å². The zero-order valence-electron chi connectivity index (χ0n) is 20.3. The molecule has 0 aliphatic carbocycles. The van der Waals surface area contributed by atoms with E-state index in [9.17, 15) is 4.39 Å². The maximum absolute atomic E-state index is 13.8. The van der Waals surface area contributed by atoms with Gasteiger partial charge in [-0.25, -0.2) is 4.39 Å². The average molecular weight is 480 g/mol. The molecule has 3 aromatic heterocycles. The van der Waals surface area contributed by atoms with Crippen molar-refractivity contribution in [3.05, 3.63) is 89.9 Å². The SMILES string of the molecule is Cc1c(-c2ccc(CC(C)(C)C)cc2)sc2c(-c3cccc4c3oc3cc(F)ccc34)nccc12. The van der Waals surface area contributed by atoms with E-state index < -0.39 is 0 Å². The van der Waals surface area contributed by atoms with Crippen LogP contribution >= 0.6 is 11.3 Å². The van der Waals surface area contributed by atoms with Gasteiger partial charge in [-0.2, -0.15) is 0 Å². The fraction of sp³-hybridized carbons (Fsp3) is 0.194. The van der Waals surface area contributed by atoms with Gasteiger partial charge in [0.15, 0.2) is 0 Å². The normalized spacial score (nSPS) is 12.3. The first kappa shape index (κ1) is 22.0. The maximum atomic E-state index is 13.8. The minimum atomic E-state index is -0.301. The van der Waals surface area contributed by atoms with Crippen molar-refractivity contribution in [3.8, 4) is 21.7 Å². The average Bonchev–Trinajstić information content (AvgIpc) is 3.36. The molecule has 6 aromatic rings. The second kappa shape index (κ2) is 8.03. The minimum absolute atomic E-state index is 0.263. The summed E-state index contributed by atoms with van der Waals surface area (Å²) in [4.78, 5) is 6.05. The van der Waals surface area contributed by atoms with Crippen LogP contribution in [-0.4, -0.2) is 4.98 Å². The summed E-state index contributed by atoms with van der Waals surface area (Å²) < 4.78 is 21.1. The second-order valence-electron chi connectivity index (χ2n) is 10.5. The summed E-state index contributed by atoms with van der Waals surface area (Å²) in [6, 6.07) is 21.9. The van der Waals surface area contributed by atoms with Crippen LogP contribution in [0.25, 0.3) is 53.7 Å². The molecule has 0 radical (unpaired) electrons. The van der Waals surface area contributed by atoms with E-state index in [1.54, 1.807) is 17.4 Å². The lowest BCUT2D eigenvalue weighted by atomic mass is 9.88. The van der Waals surface area contributed by atoms with Crippen LogP contribution in [0.15, 0.2) is 77.3 Å². The molecular weight excluding hydrogens is 453 g/mol. The van der Waals surface area contributed by atoms with Crippen molar-refractivity contribution in [2.75, 3.05) is 0 Å². The molecule has 0 aliphatic rings. The Morgan fingerprint density at radius 2 is 1.71 bits per heavy atom. The third kappa shape index (κ3) is 3.82. The van der Waals surface area contributed by atoms with Crippen LogP contribution in [-0.2, 0) is 6.42 Å². The quantitative estimate of drug-likeness (QED) is 0.252. The Morgan fingerprint density at radius 1 is 0.914 bits per heavy atom. The van der Waals surface area contributed by atoms with Gasteiger partial charge in [0, 0.05) is 33.5 Å². The lowest BCUT2D eigenvalue weighted by molar-refractivity contribution is 0.411. The molecule has 0 atom stereocenters. The number of aryl methyl sites for hydroxylation is 1. The van der Waals surface area contributed by atoms with E-state index in [1.165, 1.54) is 39.1 Å². The van der Waals surface area contributed by atoms with E-state index in [2.05, 4.69) is 58.0 Å². The largest absolute Gasteiger partial charge is 0.455 e. The molecule has 0 saturated carbocycles. The van der Waals surface area contributed by atoms with E-state index in [0.29, 0.717) is 5.58 Å². The van der Waals surface area contributed by atoms with Gasteiger partial charge in [0.2, 0.25) is 0 Å². The molecule has 0 saturated heterocycles. The highest BCUT2D eigenvalue weighted by molar-refractivity contribution is 7.23. The molecule has 35 heavy (non-hydrogen) atoms. The Bertz CT molecular complexity index is 1720. The third-order valence-corrected chi connectivity index (χ3v) is 7.88. The molecule has 0 fully saturated rings. The number of rotatable bonds is 3. The van der Waals surface area contributed by atoms with E-state index in [4.69, 9.17) is 9.40 Å². The Kier molecular flexibility index (Phi) is 5.05. The van der Waals surface area contributed by atoms with Crippen molar-refractivity contribution in [1.82, 2.24) is 4.98 Å². The van der Waals surface area contributed by atoms with E-state index >= 15 is 0 Å². The molecule has 0 amide bonds. The number of furan rings is 1. The van der Waals surface area contributed by atoms with Crippen LogP contribution in [0.3, 0.4) is 0 Å². The number of nitrogens with zero attached hydrogens (tertiary/aromatic N) is 1. The first-order valence-electron chi connectivity index (χ1n) is 11.9. The van der Waals surface area contributed by atoms with Crippen molar-refractivity contribution in [2.45, 2.75) is 34.1 Å². The monoisotopic (exact) mass is 479 g/mol. The Hall–Kier alpha value is -3.50. The van der Waals surface area contributed by atoms with Crippen LogP contribution in [0.2, 0.25) is 0 Å². The van der Waals surface area contributed by atoms with Crippen molar-refractivity contribution >= 4 is 43.4 Å². The van der Waals surface area contributed by atoms with Gasteiger partial charge < -0.3 is 4.42 Å². The molecule has 0 N–H and O–H groups in total. The van der Waals surface area contributed by atoms with Crippen LogP contribution in [0.1, 0.15) is 31.9 Å². The van der Waals surface area contributed by atoms with Crippen molar-refractivity contribution in [2.24, 2.45) is 5.41 Å². The van der Waals surface area contributed by atoms with Gasteiger partial charge in [-0.1, -0.05) is 57.2 Å². The smallest absolute Gasteiger partial charge is 0.144 e. The summed E-state index contributed by atoms with van der Waals surface area (Å²) in [5.74, 6) is -0.301. The summed E-state index contributed by atoms with van der Waals surface area (Å²) in [6.45, 7) is 8.99. The molecule has 0 spiro atoms. The summed E-state index contributed by atoms with van der Waals surface area (Å²) in [5.41, 5.74) is 7.23. The number of aromatic nitrogens is 1. The highest BCUT2D eigenvalue weighted by Crippen LogP contribution is 2.44. The van der Waals surface area contributed by atoms with Gasteiger partial charge in [-0.3, -0.25) is 4.98 Å². The molecular formula is C31H26FNOS. The predicted molar refractivity (Wildman–Crippen MR) is 146 cm³/mol. The first-order valence-corrected chi connectivity index (χ1v) is 12.7. The topological polar surface area (TPSA) is 26.0 Å². The van der Waals surface area contributed by atoms with Crippen LogP contribution in [0.4, 0.5) is 4.39 Å². The molecule has 3 aromatic carbocycles. The van der Waals surface area contributed by atoms with Crippen LogP contribution < -0.4 is 0 Å². The molecule has 6 rings (SSSR count). The fourth-order valence-corrected chi connectivity index (χ4v) is 6.27. The Balaban J connectivity index is 1.51. The summed E-state index contributed by atoms with van der Waals surface area (Å²) in [5, 5.41) is 3.08. The number of fused-ring (bicyclic) bond motifs is 4. The zero-order chi connectivity index (χ0) is 24.3. The molecule has 0 unspecified atom stereocenters. The highest BCUT2D eigenvalue weighted by Gasteiger charge is 2.19. The van der Waals surface area contributed by atoms with Crippen LogP contribution in [0.5, 0.6) is 0 Å². The lowest BCUT2D eigenvalue weighted by Crippen LogP contribution is -2.08. The lowest BCUT2D eigenvalue weighted by Gasteiger charge is -2.18. The van der Waals surface area contributed by atoms with E-state index in [1.807, 2.05) is 24.4 Å². The molecule has 0 bridgehead atoms. The predicted octanol–water partition coefficient (Wildman–Crippen LogP) is 9.57. The first-order chi connectivity index (χ1) is 16.8. The van der Waals surface area contributed by atoms with Crippen molar-refractivity contribution in [3.63, 3.8) is 0 Å². The minimum Gasteiger partial charge on any atom is -0.455 e. The number of halogens is 1. The van der Waals surface area contributed by atoms with Gasteiger partial charge in [-0.05, 0) is 65.1 Å². The number of pyridine rings is 1. The van der Waals surface area contributed by atoms with Gasteiger partial charge in [-0.15, -0.1) is 11.3 Å². The Morgan fingerprint density at radius 3 is 2.49 bits per heavy atom. The summed E-state index contributed by atoms with van der Waals surface area (Å²) in [7, 11) is 0. The third-order valence-electron chi connectivity index (χ3n) is 6.52. The number of hydrogen-bond acceptors (Lipinski definition) is 3. The van der Waals surface area contributed by atoms with Crippen molar-refractivity contribution < 1.29 is 8.81 Å². The molecule has 3 heterocycles. The molecule has 0 aliphatic heterocycles. The number of thiophene rings is 1. The van der Waals surface area contributed by atoms with Gasteiger partial charge in [0.25, 0.3) is 0 Å². The van der Waals surface area contributed by atoms with Gasteiger partial charge in [0.05, 0.1) is 10.4 Å². The summed E-state index contributed by atoms with van der Waals surface area (Å²) >= 11 is 1.77. The van der Waals surface area contributed by atoms with E-state index in [0.717, 1.165) is 38.7 Å². The number of para-hydroxylation sites is 1. The highest BCUT2D eigenvalue weighted by atomic mass is 32.1. The molecule has 174 valence electrons.